The second kappa shape index (κ2) is 8.22. The van der Waals surface area contributed by atoms with E-state index in [9.17, 15) is 14.3 Å². The number of hydrogen-bond donors (Lipinski definition) is 1. The second-order valence-corrected chi connectivity index (χ2v) is 8.99. The van der Waals surface area contributed by atoms with Crippen LogP contribution in [0.3, 0.4) is 0 Å². The van der Waals surface area contributed by atoms with Crippen molar-refractivity contribution in [3.63, 3.8) is 0 Å². The zero-order chi connectivity index (χ0) is 23.2. The summed E-state index contributed by atoms with van der Waals surface area (Å²) in [5.74, 6) is -0.837. The van der Waals surface area contributed by atoms with Gasteiger partial charge in [0.1, 0.15) is 5.82 Å². The fraction of sp³-hybridized carbons (Fsp3) is 0.214. The molecule has 1 N–H and O–H groups in total. The lowest BCUT2D eigenvalue weighted by atomic mass is 9.94. The fourth-order valence-corrected chi connectivity index (χ4v) is 5.14. The summed E-state index contributed by atoms with van der Waals surface area (Å²) < 4.78 is 21.7. The van der Waals surface area contributed by atoms with Crippen LogP contribution in [-0.4, -0.2) is 35.1 Å². The molecule has 6 heteroatoms. The fourth-order valence-electron chi connectivity index (χ4n) is 5.14. The number of fused-ring (bicyclic) bond motifs is 2. The minimum absolute atomic E-state index is 0.256. The third-order valence-electron chi connectivity index (χ3n) is 6.83. The van der Waals surface area contributed by atoms with Gasteiger partial charge in [0.25, 0.3) is 0 Å². The summed E-state index contributed by atoms with van der Waals surface area (Å²) in [5.41, 5.74) is 7.61. The van der Waals surface area contributed by atoms with Gasteiger partial charge in [-0.3, -0.25) is 4.99 Å². The van der Waals surface area contributed by atoms with Crippen molar-refractivity contribution in [1.29, 1.82) is 0 Å². The van der Waals surface area contributed by atoms with Crippen molar-refractivity contribution in [2.45, 2.75) is 19.4 Å². The molecule has 34 heavy (non-hydrogen) atoms. The number of carbonyl (C=O) groups is 1. The molecule has 6 rings (SSSR count). The summed E-state index contributed by atoms with van der Waals surface area (Å²) in [6.07, 6.45) is 3.70. The summed E-state index contributed by atoms with van der Waals surface area (Å²) in [6, 6.07) is 18.0. The Kier molecular flexibility index (Phi) is 5.03. The monoisotopic (exact) mass is 454 g/mol. The number of hydrogen-bond acceptors (Lipinski definition) is 3. The molecular formula is C28H23FN2O3. The number of halogens is 1. The highest BCUT2D eigenvalue weighted by molar-refractivity contribution is 6.03. The Morgan fingerprint density at radius 2 is 1.91 bits per heavy atom. The average Bonchev–Trinajstić information content (AvgIpc) is 3.58. The minimum Gasteiger partial charge on any atom is -0.478 e. The van der Waals surface area contributed by atoms with Crippen LogP contribution in [0.2, 0.25) is 0 Å². The molecule has 2 aliphatic heterocycles. The number of carboxylic acid groups (broad SMARTS) is 1. The van der Waals surface area contributed by atoms with Crippen LogP contribution in [0, 0.1) is 11.7 Å². The van der Waals surface area contributed by atoms with E-state index in [2.05, 4.69) is 21.7 Å². The first-order chi connectivity index (χ1) is 16.6. The van der Waals surface area contributed by atoms with Crippen LogP contribution in [0.5, 0.6) is 0 Å². The first kappa shape index (κ1) is 20.8. The third-order valence-corrected chi connectivity index (χ3v) is 6.83. The lowest BCUT2D eigenvalue weighted by molar-refractivity contribution is 0.0697. The van der Waals surface area contributed by atoms with Gasteiger partial charge in [-0.15, -0.1) is 0 Å². The highest BCUT2D eigenvalue weighted by Crippen LogP contribution is 2.41. The molecule has 5 nitrogen and oxygen atoms in total. The molecule has 170 valence electrons. The van der Waals surface area contributed by atoms with Crippen LogP contribution >= 0.6 is 0 Å². The summed E-state index contributed by atoms with van der Waals surface area (Å²) in [6.45, 7) is 2.12. The Balaban J connectivity index is 1.65. The molecule has 3 aromatic carbocycles. The lowest BCUT2D eigenvalue weighted by Gasteiger charge is -2.16. The molecule has 1 saturated heterocycles. The molecule has 0 amide bonds. The Bertz CT molecular complexity index is 1430. The van der Waals surface area contributed by atoms with Gasteiger partial charge in [0.05, 0.1) is 17.6 Å². The summed E-state index contributed by atoms with van der Waals surface area (Å²) >= 11 is 0. The van der Waals surface area contributed by atoms with Crippen LogP contribution in [-0.2, 0) is 17.7 Å². The zero-order valence-electron chi connectivity index (χ0n) is 18.5. The average molecular weight is 455 g/mol. The van der Waals surface area contributed by atoms with Gasteiger partial charge in [0, 0.05) is 41.8 Å². The van der Waals surface area contributed by atoms with Gasteiger partial charge in [0.15, 0.2) is 0 Å². The molecule has 0 aliphatic carbocycles. The predicted molar refractivity (Wildman–Crippen MR) is 130 cm³/mol. The molecule has 4 aromatic rings. The topological polar surface area (TPSA) is 63.8 Å². The first-order valence-electron chi connectivity index (χ1n) is 11.5. The van der Waals surface area contributed by atoms with Gasteiger partial charge in [-0.1, -0.05) is 12.1 Å². The number of aliphatic imine (C=N–C) groups is 1. The maximum Gasteiger partial charge on any atom is 0.335 e. The number of aromatic nitrogens is 1. The SMILES string of the molecule is O=C(O)c1ccc(-c2c(CC3CCOC3)n(-c3ccc(F)cc3)c3cc4c(cc23)CN=C4)cc1. The number of benzene rings is 3. The number of carboxylic acids is 1. The smallest absolute Gasteiger partial charge is 0.335 e. The van der Waals surface area contributed by atoms with Crippen LogP contribution in [0.4, 0.5) is 4.39 Å². The molecule has 3 heterocycles. The molecule has 1 unspecified atom stereocenters. The molecule has 1 aromatic heterocycles. The Labute approximate surface area is 196 Å². The molecule has 1 atom stereocenters. The zero-order valence-corrected chi connectivity index (χ0v) is 18.5. The highest BCUT2D eigenvalue weighted by Gasteiger charge is 2.26. The van der Waals surface area contributed by atoms with E-state index >= 15 is 0 Å². The van der Waals surface area contributed by atoms with Crippen molar-refractivity contribution in [2.24, 2.45) is 10.9 Å². The van der Waals surface area contributed by atoms with E-state index in [-0.39, 0.29) is 11.4 Å². The molecule has 0 spiro atoms. The maximum absolute atomic E-state index is 13.8. The molecule has 0 saturated carbocycles. The Morgan fingerprint density at radius 3 is 2.62 bits per heavy atom. The van der Waals surface area contributed by atoms with Crippen LogP contribution in [0.15, 0.2) is 65.7 Å². The van der Waals surface area contributed by atoms with E-state index in [1.807, 2.05) is 30.5 Å². The number of rotatable bonds is 5. The Hall–Kier alpha value is -3.77. The summed E-state index contributed by atoms with van der Waals surface area (Å²) in [7, 11) is 0. The van der Waals surface area contributed by atoms with E-state index in [0.29, 0.717) is 19.1 Å². The van der Waals surface area contributed by atoms with Gasteiger partial charge in [-0.2, -0.15) is 0 Å². The van der Waals surface area contributed by atoms with Gasteiger partial charge < -0.3 is 14.4 Å². The van der Waals surface area contributed by atoms with Crippen molar-refractivity contribution in [2.75, 3.05) is 13.2 Å². The molecule has 0 bridgehead atoms. The van der Waals surface area contributed by atoms with E-state index in [0.717, 1.165) is 58.4 Å². The normalized spacial score (nSPS) is 16.9. The van der Waals surface area contributed by atoms with Crippen molar-refractivity contribution in [3.8, 4) is 16.8 Å². The van der Waals surface area contributed by atoms with E-state index in [1.54, 1.807) is 12.1 Å². The van der Waals surface area contributed by atoms with Crippen LogP contribution < -0.4 is 0 Å². The van der Waals surface area contributed by atoms with E-state index < -0.39 is 5.97 Å². The summed E-state index contributed by atoms with van der Waals surface area (Å²) in [5, 5.41) is 10.5. The third kappa shape index (κ3) is 3.51. The molecule has 0 radical (unpaired) electrons. The van der Waals surface area contributed by atoms with Gasteiger partial charge in [0.2, 0.25) is 0 Å². The van der Waals surface area contributed by atoms with Crippen LogP contribution in [0.1, 0.15) is 33.6 Å². The number of ether oxygens (including phenoxy) is 1. The maximum atomic E-state index is 13.8. The van der Waals surface area contributed by atoms with Crippen molar-refractivity contribution in [3.05, 3.63) is 88.9 Å². The second-order valence-electron chi connectivity index (χ2n) is 8.99. The highest BCUT2D eigenvalue weighted by atomic mass is 19.1. The molecule has 2 aliphatic rings. The first-order valence-corrected chi connectivity index (χ1v) is 11.5. The predicted octanol–water partition coefficient (Wildman–Crippen LogP) is 5.65. The van der Waals surface area contributed by atoms with Crippen molar-refractivity contribution >= 4 is 23.1 Å². The number of aromatic carboxylic acids is 1. The van der Waals surface area contributed by atoms with Crippen molar-refractivity contribution in [1.82, 2.24) is 4.57 Å². The van der Waals surface area contributed by atoms with E-state index in [4.69, 9.17) is 4.74 Å². The summed E-state index contributed by atoms with van der Waals surface area (Å²) in [4.78, 5) is 15.9. The number of nitrogens with zero attached hydrogens (tertiary/aromatic N) is 2. The lowest BCUT2D eigenvalue weighted by Crippen LogP contribution is -2.10. The van der Waals surface area contributed by atoms with Gasteiger partial charge >= 0.3 is 5.97 Å². The standard InChI is InChI=1S/C28H23FN2O3/c29-22-5-7-23(8-6-22)31-25-13-21-15-30-14-20(21)12-24(25)27(26(31)11-17-9-10-34-16-17)18-1-3-19(4-2-18)28(32)33/h1-8,12-13,15,17H,9-11,14,16H2,(H,32,33). The quantitative estimate of drug-likeness (QED) is 0.424. The molecular weight excluding hydrogens is 431 g/mol. The molecule has 1 fully saturated rings. The Morgan fingerprint density at radius 1 is 1.12 bits per heavy atom. The van der Waals surface area contributed by atoms with Gasteiger partial charge in [-0.25, -0.2) is 9.18 Å². The minimum atomic E-state index is -0.946. The van der Waals surface area contributed by atoms with E-state index in [1.165, 1.54) is 17.7 Å². The largest absolute Gasteiger partial charge is 0.478 e. The van der Waals surface area contributed by atoms with Crippen molar-refractivity contribution < 1.29 is 19.0 Å². The van der Waals surface area contributed by atoms with Gasteiger partial charge in [-0.05, 0) is 84.0 Å². The van der Waals surface area contributed by atoms with Crippen LogP contribution in [0.25, 0.3) is 27.7 Å².